The quantitative estimate of drug-likeness (QED) is 0.714. The van der Waals surface area contributed by atoms with Gasteiger partial charge in [0.25, 0.3) is 5.91 Å². The second-order valence-electron chi connectivity index (χ2n) is 5.33. The fraction of sp³-hybridized carbons (Fsp3) is 0.111. The highest BCUT2D eigenvalue weighted by Gasteiger charge is 2.09. The number of aromatic nitrogens is 2. The summed E-state index contributed by atoms with van der Waals surface area (Å²) in [5.41, 5.74) is 1.49. The van der Waals surface area contributed by atoms with Crippen LogP contribution in [-0.4, -0.2) is 22.8 Å². The monoisotopic (exact) mass is 375 g/mol. The number of hydrogen-bond acceptors (Lipinski definition) is 3. The standard InChI is InChI=1S/C18H15Cl2N3O2/c1-25-14-5-3-13(4-6-14)18(24)21-17-8-9-23(22-17)11-12-2-7-15(19)16(20)10-12/h2-10H,11H2,1H3,(H,21,22,24). The molecular weight excluding hydrogens is 361 g/mol. The molecule has 0 atom stereocenters. The van der Waals surface area contributed by atoms with Gasteiger partial charge in [-0.15, -0.1) is 0 Å². The van der Waals surface area contributed by atoms with Gasteiger partial charge in [0.15, 0.2) is 5.82 Å². The van der Waals surface area contributed by atoms with E-state index >= 15 is 0 Å². The molecule has 5 nitrogen and oxygen atoms in total. The van der Waals surface area contributed by atoms with E-state index in [4.69, 9.17) is 27.9 Å². The minimum absolute atomic E-state index is 0.234. The lowest BCUT2D eigenvalue weighted by Gasteiger charge is -2.05. The van der Waals surface area contributed by atoms with Gasteiger partial charge in [-0.3, -0.25) is 9.48 Å². The Morgan fingerprint density at radius 1 is 1.12 bits per heavy atom. The topological polar surface area (TPSA) is 56.1 Å². The molecule has 0 aliphatic heterocycles. The second-order valence-corrected chi connectivity index (χ2v) is 6.14. The fourth-order valence-corrected chi connectivity index (χ4v) is 2.59. The van der Waals surface area contributed by atoms with Gasteiger partial charge in [0, 0.05) is 17.8 Å². The number of anilines is 1. The molecule has 0 fully saturated rings. The number of benzene rings is 2. The minimum Gasteiger partial charge on any atom is -0.497 e. The zero-order chi connectivity index (χ0) is 17.8. The molecule has 2 aromatic carbocycles. The number of nitrogens with one attached hydrogen (secondary N) is 1. The van der Waals surface area contributed by atoms with Crippen LogP contribution in [0.2, 0.25) is 10.0 Å². The molecule has 1 N–H and O–H groups in total. The average molecular weight is 376 g/mol. The summed E-state index contributed by atoms with van der Waals surface area (Å²) in [4.78, 5) is 12.2. The molecule has 128 valence electrons. The van der Waals surface area contributed by atoms with E-state index in [1.807, 2.05) is 6.07 Å². The van der Waals surface area contributed by atoms with Crippen LogP contribution < -0.4 is 10.1 Å². The summed E-state index contributed by atoms with van der Waals surface area (Å²) < 4.78 is 6.79. The summed E-state index contributed by atoms with van der Waals surface area (Å²) in [6.45, 7) is 0.523. The van der Waals surface area contributed by atoms with Crippen molar-refractivity contribution in [3.63, 3.8) is 0 Å². The zero-order valence-electron chi connectivity index (χ0n) is 13.4. The van der Waals surface area contributed by atoms with Crippen molar-refractivity contribution in [1.29, 1.82) is 0 Å². The van der Waals surface area contributed by atoms with Crippen molar-refractivity contribution in [3.8, 4) is 5.75 Å². The molecule has 1 heterocycles. The molecule has 3 rings (SSSR count). The van der Waals surface area contributed by atoms with Gasteiger partial charge in [0.05, 0.1) is 23.7 Å². The SMILES string of the molecule is COc1ccc(C(=O)Nc2ccn(Cc3ccc(Cl)c(Cl)c3)n2)cc1. The molecule has 0 bridgehead atoms. The first-order valence-electron chi connectivity index (χ1n) is 7.48. The molecule has 0 aliphatic rings. The van der Waals surface area contributed by atoms with Crippen LogP contribution in [0.1, 0.15) is 15.9 Å². The number of nitrogens with zero attached hydrogens (tertiary/aromatic N) is 2. The smallest absolute Gasteiger partial charge is 0.256 e. The van der Waals surface area contributed by atoms with Gasteiger partial charge in [0.2, 0.25) is 0 Å². The largest absolute Gasteiger partial charge is 0.497 e. The van der Waals surface area contributed by atoms with Crippen LogP contribution in [0.4, 0.5) is 5.82 Å². The molecule has 0 unspecified atom stereocenters. The highest BCUT2D eigenvalue weighted by Crippen LogP contribution is 2.23. The van der Waals surface area contributed by atoms with E-state index in [2.05, 4.69) is 10.4 Å². The Morgan fingerprint density at radius 2 is 1.88 bits per heavy atom. The predicted octanol–water partition coefficient (Wildman–Crippen LogP) is 4.50. The number of carbonyl (C=O) groups is 1. The summed E-state index contributed by atoms with van der Waals surface area (Å²) in [6, 6.07) is 14.0. The third-order valence-electron chi connectivity index (χ3n) is 3.56. The number of ether oxygens (including phenoxy) is 1. The Morgan fingerprint density at radius 3 is 2.56 bits per heavy atom. The first kappa shape index (κ1) is 17.3. The van der Waals surface area contributed by atoms with Crippen molar-refractivity contribution >= 4 is 34.9 Å². The van der Waals surface area contributed by atoms with Crippen LogP contribution in [0, 0.1) is 0 Å². The maximum atomic E-state index is 12.2. The molecule has 25 heavy (non-hydrogen) atoms. The fourth-order valence-electron chi connectivity index (χ4n) is 2.27. The van der Waals surface area contributed by atoms with E-state index in [0.717, 1.165) is 5.56 Å². The summed E-state index contributed by atoms with van der Waals surface area (Å²) in [5, 5.41) is 8.12. The average Bonchev–Trinajstić information content (AvgIpc) is 3.05. The molecule has 1 aromatic heterocycles. The van der Waals surface area contributed by atoms with Gasteiger partial charge in [-0.2, -0.15) is 5.10 Å². The molecule has 0 saturated heterocycles. The van der Waals surface area contributed by atoms with Crippen molar-refractivity contribution in [1.82, 2.24) is 9.78 Å². The molecule has 0 aliphatic carbocycles. The highest BCUT2D eigenvalue weighted by molar-refractivity contribution is 6.42. The lowest BCUT2D eigenvalue weighted by molar-refractivity contribution is 0.102. The van der Waals surface area contributed by atoms with Crippen LogP contribution in [-0.2, 0) is 6.54 Å². The number of amides is 1. The second kappa shape index (κ2) is 7.59. The van der Waals surface area contributed by atoms with Crippen LogP contribution in [0.15, 0.2) is 54.7 Å². The molecule has 0 spiro atoms. The number of methoxy groups -OCH3 is 1. The molecule has 0 saturated carbocycles. The Kier molecular flexibility index (Phi) is 5.26. The van der Waals surface area contributed by atoms with Crippen LogP contribution in [0.25, 0.3) is 0 Å². The molecule has 3 aromatic rings. The predicted molar refractivity (Wildman–Crippen MR) is 98.7 cm³/mol. The van der Waals surface area contributed by atoms with Gasteiger partial charge in [-0.05, 0) is 42.0 Å². The first-order valence-corrected chi connectivity index (χ1v) is 8.23. The van der Waals surface area contributed by atoms with E-state index in [-0.39, 0.29) is 5.91 Å². The summed E-state index contributed by atoms with van der Waals surface area (Å²) in [5.74, 6) is 0.936. The molecule has 0 radical (unpaired) electrons. The summed E-state index contributed by atoms with van der Waals surface area (Å²) >= 11 is 11.9. The third kappa shape index (κ3) is 4.32. The summed E-state index contributed by atoms with van der Waals surface area (Å²) in [6.07, 6.45) is 1.78. The van der Waals surface area contributed by atoms with Crippen molar-refractivity contribution in [2.24, 2.45) is 0 Å². The van der Waals surface area contributed by atoms with Gasteiger partial charge in [0.1, 0.15) is 5.75 Å². The maximum Gasteiger partial charge on any atom is 0.256 e. The van der Waals surface area contributed by atoms with Crippen molar-refractivity contribution < 1.29 is 9.53 Å². The van der Waals surface area contributed by atoms with Gasteiger partial charge in [-0.1, -0.05) is 29.3 Å². The van der Waals surface area contributed by atoms with E-state index in [0.29, 0.717) is 33.7 Å². The lowest BCUT2D eigenvalue weighted by atomic mass is 10.2. The highest BCUT2D eigenvalue weighted by atomic mass is 35.5. The van der Waals surface area contributed by atoms with Crippen molar-refractivity contribution in [2.75, 3.05) is 12.4 Å². The van der Waals surface area contributed by atoms with Gasteiger partial charge < -0.3 is 10.1 Å². The van der Waals surface area contributed by atoms with E-state index < -0.39 is 0 Å². The Balaban J connectivity index is 1.66. The summed E-state index contributed by atoms with van der Waals surface area (Å²) in [7, 11) is 1.58. The Bertz CT molecular complexity index is 892. The third-order valence-corrected chi connectivity index (χ3v) is 4.30. The van der Waals surface area contributed by atoms with Crippen molar-refractivity contribution in [2.45, 2.75) is 6.54 Å². The Hall–Kier alpha value is -2.50. The maximum absolute atomic E-state index is 12.2. The van der Waals surface area contributed by atoms with Crippen LogP contribution in [0.3, 0.4) is 0 Å². The number of carbonyl (C=O) groups excluding carboxylic acids is 1. The number of rotatable bonds is 5. The van der Waals surface area contributed by atoms with E-state index in [1.165, 1.54) is 0 Å². The van der Waals surface area contributed by atoms with E-state index in [9.17, 15) is 4.79 Å². The normalized spacial score (nSPS) is 10.5. The van der Waals surface area contributed by atoms with Crippen LogP contribution in [0.5, 0.6) is 5.75 Å². The van der Waals surface area contributed by atoms with Crippen molar-refractivity contribution in [3.05, 3.63) is 75.9 Å². The number of hydrogen-bond donors (Lipinski definition) is 1. The first-order chi connectivity index (χ1) is 12.0. The van der Waals surface area contributed by atoms with Gasteiger partial charge >= 0.3 is 0 Å². The molecular formula is C18H15Cl2N3O2. The minimum atomic E-state index is -0.234. The lowest BCUT2D eigenvalue weighted by Crippen LogP contribution is -2.12. The van der Waals surface area contributed by atoms with Gasteiger partial charge in [-0.25, -0.2) is 0 Å². The Labute approximate surface area is 155 Å². The molecule has 7 heteroatoms. The molecule has 1 amide bonds. The zero-order valence-corrected chi connectivity index (χ0v) is 14.9. The van der Waals surface area contributed by atoms with E-state index in [1.54, 1.807) is 60.5 Å². The van der Waals surface area contributed by atoms with Crippen LogP contribution >= 0.6 is 23.2 Å². The number of halogens is 2.